The summed E-state index contributed by atoms with van der Waals surface area (Å²) in [6.07, 6.45) is -0.393. The lowest BCUT2D eigenvalue weighted by molar-refractivity contribution is 0.000955. The zero-order chi connectivity index (χ0) is 22.3. The molecule has 4 heterocycles. The standard InChI is InChI=1S/C20H26Cl2N4O4S/c1-20(2,3)30-19(28)25-4-5-26-12(10-25)11-29-15-13(18(26)27)17(23-16(22)14(15)21)24-6-8-31-9-7-24/h12H,4-11H2,1-3H3. The van der Waals surface area contributed by atoms with Crippen molar-refractivity contribution in [2.75, 3.05) is 55.7 Å². The van der Waals surface area contributed by atoms with Crippen molar-refractivity contribution in [1.82, 2.24) is 14.8 Å². The summed E-state index contributed by atoms with van der Waals surface area (Å²) in [7, 11) is 0. The molecule has 11 heteroatoms. The van der Waals surface area contributed by atoms with Crippen molar-refractivity contribution in [3.63, 3.8) is 0 Å². The Morgan fingerprint density at radius 2 is 1.90 bits per heavy atom. The van der Waals surface area contributed by atoms with Gasteiger partial charge in [0.15, 0.2) is 10.9 Å². The van der Waals surface area contributed by atoms with Crippen LogP contribution in [-0.2, 0) is 4.74 Å². The van der Waals surface area contributed by atoms with Crippen molar-refractivity contribution in [2.45, 2.75) is 32.4 Å². The van der Waals surface area contributed by atoms with Gasteiger partial charge in [0, 0.05) is 44.2 Å². The van der Waals surface area contributed by atoms with Crippen LogP contribution >= 0.6 is 35.0 Å². The van der Waals surface area contributed by atoms with Crippen molar-refractivity contribution >= 4 is 52.8 Å². The second-order valence-electron chi connectivity index (χ2n) is 8.73. The number of ether oxygens (including phenoxy) is 2. The lowest BCUT2D eigenvalue weighted by Gasteiger charge is -2.40. The predicted molar refractivity (Wildman–Crippen MR) is 122 cm³/mol. The van der Waals surface area contributed by atoms with Crippen LogP contribution in [0.4, 0.5) is 10.6 Å². The van der Waals surface area contributed by atoms with E-state index >= 15 is 0 Å². The highest BCUT2D eigenvalue weighted by atomic mass is 35.5. The second-order valence-corrected chi connectivity index (χ2v) is 10.7. The molecule has 0 aromatic carbocycles. The van der Waals surface area contributed by atoms with Gasteiger partial charge in [-0.3, -0.25) is 4.79 Å². The van der Waals surface area contributed by atoms with E-state index < -0.39 is 11.7 Å². The van der Waals surface area contributed by atoms with E-state index in [1.54, 1.807) is 9.80 Å². The maximum absolute atomic E-state index is 13.6. The molecule has 2 fully saturated rings. The number of pyridine rings is 1. The van der Waals surface area contributed by atoms with E-state index in [4.69, 9.17) is 32.7 Å². The van der Waals surface area contributed by atoms with E-state index in [2.05, 4.69) is 9.88 Å². The van der Waals surface area contributed by atoms with Gasteiger partial charge >= 0.3 is 6.09 Å². The highest BCUT2D eigenvalue weighted by molar-refractivity contribution is 7.99. The highest BCUT2D eigenvalue weighted by Gasteiger charge is 2.41. The summed E-state index contributed by atoms with van der Waals surface area (Å²) in [5.41, 5.74) is -0.229. The average molecular weight is 489 g/mol. The molecule has 1 aromatic heterocycles. The number of piperazine rings is 1. The van der Waals surface area contributed by atoms with Crippen LogP contribution in [0.2, 0.25) is 10.2 Å². The van der Waals surface area contributed by atoms with Gasteiger partial charge in [0.05, 0.1) is 6.04 Å². The number of rotatable bonds is 1. The van der Waals surface area contributed by atoms with Gasteiger partial charge in [-0.15, -0.1) is 0 Å². The number of anilines is 1. The van der Waals surface area contributed by atoms with Crippen LogP contribution in [0.15, 0.2) is 0 Å². The number of aromatic nitrogens is 1. The molecule has 3 aliphatic rings. The first-order valence-electron chi connectivity index (χ1n) is 10.3. The molecule has 2 amide bonds. The Hall–Kier alpha value is -1.58. The van der Waals surface area contributed by atoms with Crippen molar-refractivity contribution in [2.24, 2.45) is 0 Å². The number of halogens is 2. The number of thioether (sulfide) groups is 1. The monoisotopic (exact) mass is 488 g/mol. The van der Waals surface area contributed by atoms with E-state index in [-0.39, 0.29) is 34.5 Å². The number of carbonyl (C=O) groups excluding carboxylic acids is 2. The Bertz CT molecular complexity index is 889. The van der Waals surface area contributed by atoms with Crippen LogP contribution in [0, 0.1) is 0 Å². The van der Waals surface area contributed by atoms with Crippen LogP contribution in [0.1, 0.15) is 31.1 Å². The molecule has 4 rings (SSSR count). The van der Waals surface area contributed by atoms with Gasteiger partial charge in [-0.25, -0.2) is 9.78 Å². The first-order valence-corrected chi connectivity index (χ1v) is 12.2. The molecule has 170 valence electrons. The minimum Gasteiger partial charge on any atom is -0.489 e. The normalized spacial score (nSPS) is 21.8. The highest BCUT2D eigenvalue weighted by Crippen LogP contribution is 2.42. The zero-order valence-corrected chi connectivity index (χ0v) is 20.1. The summed E-state index contributed by atoms with van der Waals surface area (Å²) >= 11 is 14.6. The Balaban J connectivity index is 1.63. The summed E-state index contributed by atoms with van der Waals surface area (Å²) in [4.78, 5) is 36.1. The van der Waals surface area contributed by atoms with Gasteiger partial charge < -0.3 is 24.2 Å². The lowest BCUT2D eigenvalue weighted by Crippen LogP contribution is -2.58. The molecule has 0 saturated carbocycles. The number of hydrogen-bond acceptors (Lipinski definition) is 7. The Morgan fingerprint density at radius 3 is 2.58 bits per heavy atom. The van der Waals surface area contributed by atoms with E-state index in [0.717, 1.165) is 24.6 Å². The van der Waals surface area contributed by atoms with Gasteiger partial charge in [0.1, 0.15) is 28.6 Å². The Morgan fingerprint density at radius 1 is 1.19 bits per heavy atom. The molecular formula is C20H26Cl2N4O4S. The first kappa shape index (κ1) is 22.6. The molecule has 0 aliphatic carbocycles. The van der Waals surface area contributed by atoms with Gasteiger partial charge in [-0.2, -0.15) is 11.8 Å². The number of amides is 2. The molecule has 1 aromatic rings. The molecule has 2 saturated heterocycles. The summed E-state index contributed by atoms with van der Waals surface area (Å²) in [6.45, 7) is 8.31. The molecule has 0 N–H and O–H groups in total. The van der Waals surface area contributed by atoms with Gasteiger partial charge in [0.25, 0.3) is 5.91 Å². The van der Waals surface area contributed by atoms with Crippen molar-refractivity contribution < 1.29 is 19.1 Å². The van der Waals surface area contributed by atoms with Gasteiger partial charge in [-0.05, 0) is 20.8 Å². The van der Waals surface area contributed by atoms with Crippen molar-refractivity contribution in [1.29, 1.82) is 0 Å². The molecular weight excluding hydrogens is 463 g/mol. The van der Waals surface area contributed by atoms with E-state index in [1.165, 1.54) is 0 Å². The lowest BCUT2D eigenvalue weighted by atomic mass is 10.1. The summed E-state index contributed by atoms with van der Waals surface area (Å²) in [5.74, 6) is 2.50. The molecule has 31 heavy (non-hydrogen) atoms. The molecule has 1 atom stereocenters. The maximum atomic E-state index is 13.6. The fourth-order valence-corrected chi connectivity index (χ4v) is 5.18. The minimum absolute atomic E-state index is 0.122. The third kappa shape index (κ3) is 4.64. The topological polar surface area (TPSA) is 75.2 Å². The second kappa shape index (κ2) is 8.75. The summed E-state index contributed by atoms with van der Waals surface area (Å²) in [6, 6.07) is -0.319. The minimum atomic E-state index is -0.586. The van der Waals surface area contributed by atoms with Gasteiger partial charge in [0.2, 0.25) is 0 Å². The van der Waals surface area contributed by atoms with Crippen LogP contribution in [-0.4, -0.2) is 89.3 Å². The predicted octanol–water partition coefficient (Wildman–Crippen LogP) is 3.40. The SMILES string of the molecule is CC(C)(C)OC(=O)N1CCN2C(=O)c3c(N4CCSCC4)nc(Cl)c(Cl)c3OCC2C1. The fourth-order valence-electron chi connectivity index (χ4n) is 3.92. The fraction of sp³-hybridized carbons (Fsp3) is 0.650. The molecule has 8 nitrogen and oxygen atoms in total. The first-order chi connectivity index (χ1) is 14.7. The molecule has 0 spiro atoms. The van der Waals surface area contributed by atoms with Crippen LogP contribution in [0.25, 0.3) is 0 Å². The smallest absolute Gasteiger partial charge is 0.410 e. The largest absolute Gasteiger partial charge is 0.489 e. The number of hydrogen-bond donors (Lipinski definition) is 0. The third-order valence-corrected chi connectivity index (χ3v) is 7.04. The zero-order valence-electron chi connectivity index (χ0n) is 17.8. The van der Waals surface area contributed by atoms with E-state index in [1.807, 2.05) is 32.5 Å². The van der Waals surface area contributed by atoms with Crippen molar-refractivity contribution in [3.05, 3.63) is 15.7 Å². The van der Waals surface area contributed by atoms with Crippen LogP contribution in [0.3, 0.4) is 0 Å². The molecule has 3 aliphatic heterocycles. The molecule has 0 radical (unpaired) electrons. The molecule has 1 unspecified atom stereocenters. The maximum Gasteiger partial charge on any atom is 0.410 e. The van der Waals surface area contributed by atoms with Crippen LogP contribution < -0.4 is 9.64 Å². The number of fused-ring (bicyclic) bond motifs is 2. The average Bonchev–Trinajstić information content (AvgIpc) is 2.87. The number of carbonyl (C=O) groups is 2. The number of nitrogens with zero attached hydrogens (tertiary/aromatic N) is 4. The Kier molecular flexibility index (Phi) is 6.38. The Labute approximate surface area is 196 Å². The van der Waals surface area contributed by atoms with E-state index in [9.17, 15) is 9.59 Å². The third-order valence-electron chi connectivity index (χ3n) is 5.38. The van der Waals surface area contributed by atoms with E-state index in [0.29, 0.717) is 31.0 Å². The van der Waals surface area contributed by atoms with Gasteiger partial charge in [-0.1, -0.05) is 23.2 Å². The quantitative estimate of drug-likeness (QED) is 0.560. The van der Waals surface area contributed by atoms with Crippen molar-refractivity contribution in [3.8, 4) is 5.75 Å². The summed E-state index contributed by atoms with van der Waals surface area (Å²) in [5, 5.41) is 0.265. The van der Waals surface area contributed by atoms with Crippen LogP contribution in [0.5, 0.6) is 5.75 Å². The summed E-state index contributed by atoms with van der Waals surface area (Å²) < 4.78 is 11.5. The molecule has 0 bridgehead atoms.